The molecule has 2 aromatic rings. The predicted molar refractivity (Wildman–Crippen MR) is 68.7 cm³/mol. The highest BCUT2D eigenvalue weighted by Crippen LogP contribution is 2.11. The first-order chi connectivity index (χ1) is 8.24. The summed E-state index contributed by atoms with van der Waals surface area (Å²) in [5.74, 6) is 0. The van der Waals surface area contributed by atoms with E-state index in [9.17, 15) is 0 Å². The maximum Gasteiger partial charge on any atom is 0.0821 e. The van der Waals surface area contributed by atoms with E-state index < -0.39 is 0 Å². The Hall–Kier alpha value is -1.55. The molecular weight excluding hydrogens is 212 g/mol. The molecule has 4 nitrogen and oxygen atoms in total. The van der Waals surface area contributed by atoms with Crippen molar-refractivity contribution >= 4 is 0 Å². The van der Waals surface area contributed by atoms with E-state index >= 15 is 0 Å². The number of hydrogen-bond acceptors (Lipinski definition) is 2. The Morgan fingerprint density at radius 2 is 2.18 bits per heavy atom. The fourth-order valence-corrected chi connectivity index (χ4v) is 1.86. The van der Waals surface area contributed by atoms with Crippen LogP contribution in [0.4, 0.5) is 0 Å². The molecule has 0 fully saturated rings. The zero-order chi connectivity index (χ0) is 12.3. The molecule has 0 aliphatic carbocycles. The quantitative estimate of drug-likeness (QED) is 0.858. The SMILES string of the molecule is CCC(C)n1ccc(Cn2cccc2CN)n1. The van der Waals surface area contributed by atoms with E-state index in [4.69, 9.17) is 5.73 Å². The summed E-state index contributed by atoms with van der Waals surface area (Å²) in [6.07, 6.45) is 5.19. The van der Waals surface area contributed by atoms with Gasteiger partial charge in [-0.05, 0) is 31.5 Å². The standard InChI is InChI=1S/C13H20N4/c1-3-11(2)17-8-6-12(15-17)10-16-7-4-5-13(16)9-14/h4-8,11H,3,9-10,14H2,1-2H3. The van der Waals surface area contributed by atoms with Gasteiger partial charge in [0, 0.05) is 30.7 Å². The minimum atomic E-state index is 0.461. The summed E-state index contributed by atoms with van der Waals surface area (Å²) in [7, 11) is 0. The molecule has 0 spiro atoms. The minimum absolute atomic E-state index is 0.461. The molecular formula is C13H20N4. The second kappa shape index (κ2) is 5.19. The van der Waals surface area contributed by atoms with Gasteiger partial charge in [0.2, 0.25) is 0 Å². The Labute approximate surface area is 102 Å². The molecule has 0 aromatic carbocycles. The molecule has 1 atom stereocenters. The molecule has 0 aliphatic heterocycles. The summed E-state index contributed by atoms with van der Waals surface area (Å²) in [6, 6.07) is 6.61. The Morgan fingerprint density at radius 1 is 1.35 bits per heavy atom. The molecule has 0 saturated heterocycles. The first kappa shape index (κ1) is 11.9. The zero-order valence-electron chi connectivity index (χ0n) is 10.5. The van der Waals surface area contributed by atoms with Crippen LogP contribution in [-0.2, 0) is 13.1 Å². The lowest BCUT2D eigenvalue weighted by Gasteiger charge is -2.09. The summed E-state index contributed by atoms with van der Waals surface area (Å²) < 4.78 is 4.17. The van der Waals surface area contributed by atoms with Gasteiger partial charge in [0.15, 0.2) is 0 Å². The molecule has 1 unspecified atom stereocenters. The van der Waals surface area contributed by atoms with E-state index in [1.54, 1.807) is 0 Å². The van der Waals surface area contributed by atoms with E-state index in [0.29, 0.717) is 12.6 Å². The molecule has 92 valence electrons. The number of nitrogens with zero attached hydrogens (tertiary/aromatic N) is 3. The molecule has 0 radical (unpaired) electrons. The normalized spacial score (nSPS) is 12.9. The van der Waals surface area contributed by atoms with Crippen LogP contribution in [-0.4, -0.2) is 14.3 Å². The van der Waals surface area contributed by atoms with E-state index in [0.717, 1.165) is 24.4 Å². The van der Waals surface area contributed by atoms with Gasteiger partial charge in [0.05, 0.1) is 12.2 Å². The molecule has 2 heterocycles. The fraction of sp³-hybridized carbons (Fsp3) is 0.462. The van der Waals surface area contributed by atoms with E-state index in [-0.39, 0.29) is 0 Å². The van der Waals surface area contributed by atoms with Crippen molar-refractivity contribution in [1.82, 2.24) is 14.3 Å². The molecule has 0 amide bonds. The second-order valence-electron chi connectivity index (χ2n) is 4.38. The van der Waals surface area contributed by atoms with Crippen molar-refractivity contribution in [2.75, 3.05) is 0 Å². The van der Waals surface area contributed by atoms with Gasteiger partial charge in [-0.25, -0.2) is 0 Å². The van der Waals surface area contributed by atoms with Gasteiger partial charge < -0.3 is 10.3 Å². The van der Waals surface area contributed by atoms with Crippen LogP contribution in [0.1, 0.15) is 37.7 Å². The van der Waals surface area contributed by atoms with Gasteiger partial charge in [0.25, 0.3) is 0 Å². The van der Waals surface area contributed by atoms with Crippen molar-refractivity contribution in [3.63, 3.8) is 0 Å². The Morgan fingerprint density at radius 3 is 2.88 bits per heavy atom. The van der Waals surface area contributed by atoms with Crippen molar-refractivity contribution in [3.05, 3.63) is 42.0 Å². The van der Waals surface area contributed by atoms with Gasteiger partial charge in [-0.15, -0.1) is 0 Å². The van der Waals surface area contributed by atoms with Crippen LogP contribution in [0.25, 0.3) is 0 Å². The van der Waals surface area contributed by atoms with Crippen molar-refractivity contribution in [1.29, 1.82) is 0 Å². The van der Waals surface area contributed by atoms with E-state index in [2.05, 4.69) is 35.8 Å². The second-order valence-corrected chi connectivity index (χ2v) is 4.38. The topological polar surface area (TPSA) is 48.8 Å². The lowest BCUT2D eigenvalue weighted by molar-refractivity contribution is 0.472. The molecule has 2 N–H and O–H groups in total. The van der Waals surface area contributed by atoms with Crippen molar-refractivity contribution in [3.8, 4) is 0 Å². The summed E-state index contributed by atoms with van der Waals surface area (Å²) in [6.45, 7) is 5.71. The van der Waals surface area contributed by atoms with Crippen LogP contribution in [0.2, 0.25) is 0 Å². The molecule has 0 aliphatic rings. The molecule has 0 bridgehead atoms. The third-order valence-electron chi connectivity index (χ3n) is 3.17. The summed E-state index contributed by atoms with van der Waals surface area (Å²) in [5, 5.41) is 4.59. The average Bonchev–Trinajstić information content (AvgIpc) is 2.97. The predicted octanol–water partition coefficient (Wildman–Crippen LogP) is 2.16. The molecule has 17 heavy (non-hydrogen) atoms. The highest BCUT2D eigenvalue weighted by molar-refractivity contribution is 5.10. The van der Waals surface area contributed by atoms with Crippen molar-refractivity contribution < 1.29 is 0 Å². The number of aromatic nitrogens is 3. The largest absolute Gasteiger partial charge is 0.344 e. The third kappa shape index (κ3) is 2.58. The highest BCUT2D eigenvalue weighted by atomic mass is 15.3. The zero-order valence-corrected chi connectivity index (χ0v) is 10.5. The van der Waals surface area contributed by atoms with Gasteiger partial charge in [-0.2, -0.15) is 5.10 Å². The van der Waals surface area contributed by atoms with Crippen LogP contribution >= 0.6 is 0 Å². The van der Waals surface area contributed by atoms with Crippen LogP contribution in [0.3, 0.4) is 0 Å². The first-order valence-corrected chi connectivity index (χ1v) is 6.12. The molecule has 2 aromatic heterocycles. The van der Waals surface area contributed by atoms with Crippen LogP contribution in [0.15, 0.2) is 30.6 Å². The van der Waals surface area contributed by atoms with Crippen molar-refractivity contribution in [2.45, 2.75) is 39.4 Å². The summed E-state index contributed by atoms with van der Waals surface area (Å²) >= 11 is 0. The van der Waals surface area contributed by atoms with E-state index in [1.165, 1.54) is 0 Å². The number of hydrogen-bond donors (Lipinski definition) is 1. The Kier molecular flexibility index (Phi) is 3.64. The average molecular weight is 232 g/mol. The lowest BCUT2D eigenvalue weighted by atomic mass is 10.3. The smallest absolute Gasteiger partial charge is 0.0821 e. The van der Waals surface area contributed by atoms with Crippen molar-refractivity contribution in [2.24, 2.45) is 5.73 Å². The number of rotatable bonds is 5. The minimum Gasteiger partial charge on any atom is -0.344 e. The maximum atomic E-state index is 5.68. The molecule has 4 heteroatoms. The van der Waals surface area contributed by atoms with E-state index in [1.807, 2.05) is 23.0 Å². The van der Waals surface area contributed by atoms with Gasteiger partial charge >= 0.3 is 0 Å². The summed E-state index contributed by atoms with van der Waals surface area (Å²) in [5.41, 5.74) is 7.90. The maximum absolute atomic E-state index is 5.68. The van der Waals surface area contributed by atoms with Crippen LogP contribution in [0, 0.1) is 0 Å². The van der Waals surface area contributed by atoms with Gasteiger partial charge in [-0.3, -0.25) is 4.68 Å². The van der Waals surface area contributed by atoms with Gasteiger partial charge in [0.1, 0.15) is 0 Å². The Bertz CT molecular complexity index is 469. The summed E-state index contributed by atoms with van der Waals surface area (Å²) in [4.78, 5) is 0. The Balaban J connectivity index is 2.11. The van der Waals surface area contributed by atoms with Gasteiger partial charge in [-0.1, -0.05) is 6.92 Å². The highest BCUT2D eigenvalue weighted by Gasteiger charge is 2.06. The van der Waals surface area contributed by atoms with Crippen LogP contribution in [0.5, 0.6) is 0 Å². The fourth-order valence-electron chi connectivity index (χ4n) is 1.86. The van der Waals surface area contributed by atoms with Crippen LogP contribution < -0.4 is 5.73 Å². The first-order valence-electron chi connectivity index (χ1n) is 6.12. The lowest BCUT2D eigenvalue weighted by Crippen LogP contribution is -2.09. The molecule has 0 saturated carbocycles. The third-order valence-corrected chi connectivity index (χ3v) is 3.17. The molecule has 2 rings (SSSR count). The monoisotopic (exact) mass is 232 g/mol. The number of nitrogens with two attached hydrogens (primary N) is 1.